The Hall–Kier alpha value is -1.98. The maximum Gasteiger partial charge on any atom is 0.397 e. The Labute approximate surface area is 133 Å². The molecular weight excluding hydrogens is 336 g/mol. The van der Waals surface area contributed by atoms with E-state index in [2.05, 4.69) is 18.4 Å². The fraction of sp³-hybridized carbons (Fsp3) is 0.583. The number of methoxy groups -OCH3 is 3. The van der Waals surface area contributed by atoms with Crippen molar-refractivity contribution in [2.75, 3.05) is 27.9 Å². The van der Waals surface area contributed by atoms with Gasteiger partial charge >= 0.3 is 28.3 Å². The van der Waals surface area contributed by atoms with Crippen LogP contribution in [0.15, 0.2) is 11.1 Å². The van der Waals surface area contributed by atoms with Crippen LogP contribution in [0.2, 0.25) is 0 Å². The van der Waals surface area contributed by atoms with Crippen molar-refractivity contribution in [1.29, 1.82) is 0 Å². The van der Waals surface area contributed by atoms with Gasteiger partial charge in [-0.25, -0.2) is 13.8 Å². The van der Waals surface area contributed by atoms with E-state index in [1.165, 1.54) is 0 Å². The Morgan fingerprint density at radius 1 is 0.913 bits per heavy atom. The van der Waals surface area contributed by atoms with E-state index >= 15 is 0 Å². The molecule has 0 aliphatic carbocycles. The lowest BCUT2D eigenvalue weighted by Gasteiger charge is -2.11. The summed E-state index contributed by atoms with van der Waals surface area (Å²) in [6.45, 7) is -0.438. The van der Waals surface area contributed by atoms with Crippen LogP contribution in [-0.2, 0) is 43.2 Å². The molecular formula is C12H18O10S. The molecule has 0 aliphatic heterocycles. The summed E-state index contributed by atoms with van der Waals surface area (Å²) in [6, 6.07) is 0. The van der Waals surface area contributed by atoms with Crippen molar-refractivity contribution in [2.24, 2.45) is 0 Å². The highest BCUT2D eigenvalue weighted by atomic mass is 32.3. The van der Waals surface area contributed by atoms with Gasteiger partial charge in [0.1, 0.15) is 0 Å². The summed E-state index contributed by atoms with van der Waals surface area (Å²) < 4.78 is 46.9. The van der Waals surface area contributed by atoms with Gasteiger partial charge in [-0.2, -0.15) is 8.42 Å². The molecule has 23 heavy (non-hydrogen) atoms. The Bertz CT molecular complexity index is 575. The molecule has 0 heterocycles. The molecule has 0 aromatic heterocycles. The van der Waals surface area contributed by atoms with E-state index in [4.69, 9.17) is 4.55 Å². The molecule has 0 atom stereocenters. The monoisotopic (exact) mass is 354 g/mol. The molecule has 11 heteroatoms. The minimum atomic E-state index is -4.61. The maximum atomic E-state index is 11.8. The van der Waals surface area contributed by atoms with Gasteiger partial charge in [0, 0.05) is 5.57 Å². The second kappa shape index (κ2) is 9.92. The van der Waals surface area contributed by atoms with Gasteiger partial charge in [0.05, 0.1) is 39.9 Å². The summed E-state index contributed by atoms with van der Waals surface area (Å²) >= 11 is 0. The molecule has 0 aromatic rings. The standard InChI is InChI=1S/C12H18O10S/c1-19-10(13)7-9(12(15)21-3)8(11(14)20-2)5-4-6-22-23(16,17)18/h4-7H2,1-3H3,(H,16,17,18)/b9-8-. The molecule has 0 radical (unpaired) electrons. The molecule has 0 aromatic carbocycles. The van der Waals surface area contributed by atoms with E-state index in [1.807, 2.05) is 0 Å². The summed E-state index contributed by atoms with van der Waals surface area (Å²) in [5.74, 6) is -2.59. The fourth-order valence-electron chi connectivity index (χ4n) is 1.55. The zero-order chi connectivity index (χ0) is 18.0. The average molecular weight is 354 g/mol. The van der Waals surface area contributed by atoms with Crippen LogP contribution in [0.4, 0.5) is 0 Å². The average Bonchev–Trinajstić information content (AvgIpc) is 2.50. The first-order valence-electron chi connectivity index (χ1n) is 6.23. The number of ether oxygens (including phenoxy) is 3. The van der Waals surface area contributed by atoms with Crippen LogP contribution in [0, 0.1) is 0 Å². The van der Waals surface area contributed by atoms with Crippen LogP contribution in [0.5, 0.6) is 0 Å². The number of hydrogen-bond donors (Lipinski definition) is 1. The first kappa shape index (κ1) is 21.0. The van der Waals surface area contributed by atoms with Crippen molar-refractivity contribution in [1.82, 2.24) is 0 Å². The van der Waals surface area contributed by atoms with Crippen LogP contribution >= 0.6 is 0 Å². The number of carbonyl (C=O) groups excluding carboxylic acids is 3. The third-order valence-electron chi connectivity index (χ3n) is 2.58. The largest absolute Gasteiger partial charge is 0.469 e. The van der Waals surface area contributed by atoms with E-state index < -0.39 is 41.3 Å². The number of rotatable bonds is 9. The van der Waals surface area contributed by atoms with Crippen molar-refractivity contribution in [3.05, 3.63) is 11.1 Å². The van der Waals surface area contributed by atoms with Crippen molar-refractivity contribution in [3.8, 4) is 0 Å². The minimum Gasteiger partial charge on any atom is -0.469 e. The third-order valence-corrected chi connectivity index (χ3v) is 3.04. The van der Waals surface area contributed by atoms with Crippen molar-refractivity contribution in [2.45, 2.75) is 19.3 Å². The molecule has 0 rings (SSSR count). The second-order valence-corrected chi connectivity index (χ2v) is 5.14. The van der Waals surface area contributed by atoms with Gasteiger partial charge in [-0.05, 0) is 12.8 Å². The van der Waals surface area contributed by atoms with Gasteiger partial charge in [-0.15, -0.1) is 0 Å². The van der Waals surface area contributed by atoms with Crippen LogP contribution in [0.25, 0.3) is 0 Å². The highest BCUT2D eigenvalue weighted by Crippen LogP contribution is 2.19. The molecule has 0 bridgehead atoms. The highest BCUT2D eigenvalue weighted by Gasteiger charge is 2.25. The molecule has 0 aliphatic rings. The molecule has 132 valence electrons. The van der Waals surface area contributed by atoms with Crippen molar-refractivity contribution in [3.63, 3.8) is 0 Å². The molecule has 0 saturated carbocycles. The third kappa shape index (κ3) is 8.28. The fourth-order valence-corrected chi connectivity index (χ4v) is 1.88. The van der Waals surface area contributed by atoms with Gasteiger partial charge in [0.25, 0.3) is 0 Å². The number of hydrogen-bond acceptors (Lipinski definition) is 9. The molecule has 0 unspecified atom stereocenters. The van der Waals surface area contributed by atoms with E-state index in [0.717, 1.165) is 21.3 Å². The quantitative estimate of drug-likeness (QED) is 0.194. The normalized spacial score (nSPS) is 12.2. The van der Waals surface area contributed by atoms with Gasteiger partial charge in [0.2, 0.25) is 0 Å². The van der Waals surface area contributed by atoms with Crippen LogP contribution < -0.4 is 0 Å². The van der Waals surface area contributed by atoms with E-state index in [0.29, 0.717) is 0 Å². The lowest BCUT2D eigenvalue weighted by molar-refractivity contribution is -0.143. The first-order chi connectivity index (χ1) is 10.7. The summed E-state index contributed by atoms with van der Waals surface area (Å²) in [5, 5.41) is 0. The SMILES string of the molecule is COC(=O)C/C(C(=O)OC)=C(\CCCOS(=O)(=O)O)C(=O)OC. The first-order valence-corrected chi connectivity index (χ1v) is 7.60. The van der Waals surface area contributed by atoms with Gasteiger partial charge in [0.15, 0.2) is 0 Å². The van der Waals surface area contributed by atoms with Gasteiger partial charge in [-0.3, -0.25) is 9.35 Å². The topological polar surface area (TPSA) is 142 Å². The van der Waals surface area contributed by atoms with Crippen LogP contribution in [0.1, 0.15) is 19.3 Å². The van der Waals surface area contributed by atoms with E-state index in [1.54, 1.807) is 0 Å². The van der Waals surface area contributed by atoms with E-state index in [-0.39, 0.29) is 24.0 Å². The molecule has 0 spiro atoms. The highest BCUT2D eigenvalue weighted by molar-refractivity contribution is 7.80. The molecule has 0 fully saturated rings. The Kier molecular flexibility index (Phi) is 9.07. The molecule has 0 saturated heterocycles. The van der Waals surface area contributed by atoms with Crippen molar-refractivity contribution < 1.29 is 45.7 Å². The Morgan fingerprint density at radius 3 is 1.87 bits per heavy atom. The van der Waals surface area contributed by atoms with Crippen molar-refractivity contribution >= 4 is 28.3 Å². The predicted octanol–water partition coefficient (Wildman–Crippen LogP) is -0.208. The second-order valence-electron chi connectivity index (χ2n) is 4.05. The number of carbonyl (C=O) groups is 3. The van der Waals surface area contributed by atoms with Crippen LogP contribution in [-0.4, -0.2) is 58.8 Å². The minimum absolute atomic E-state index is 0.0497. The van der Waals surface area contributed by atoms with E-state index in [9.17, 15) is 22.8 Å². The lowest BCUT2D eigenvalue weighted by Crippen LogP contribution is -2.18. The van der Waals surface area contributed by atoms with Gasteiger partial charge in [-0.1, -0.05) is 0 Å². The smallest absolute Gasteiger partial charge is 0.397 e. The summed E-state index contributed by atoms with van der Waals surface area (Å²) in [6.07, 6.45) is -0.720. The Morgan fingerprint density at radius 2 is 1.43 bits per heavy atom. The Balaban J connectivity index is 5.35. The van der Waals surface area contributed by atoms with Gasteiger partial charge < -0.3 is 14.2 Å². The zero-order valence-corrected chi connectivity index (χ0v) is 13.7. The van der Waals surface area contributed by atoms with Crippen LogP contribution in [0.3, 0.4) is 0 Å². The molecule has 0 amide bonds. The molecule has 1 N–H and O–H groups in total. The zero-order valence-electron chi connectivity index (χ0n) is 12.9. The summed E-state index contributed by atoms with van der Waals surface area (Å²) in [5.41, 5.74) is -0.443. The lowest BCUT2D eigenvalue weighted by atomic mass is 10.0. The summed E-state index contributed by atoms with van der Waals surface area (Å²) in [7, 11) is -1.37. The predicted molar refractivity (Wildman–Crippen MR) is 74.4 cm³/mol. The maximum absolute atomic E-state index is 11.8. The number of esters is 3. The molecule has 10 nitrogen and oxygen atoms in total. The summed E-state index contributed by atoms with van der Waals surface area (Å²) in [4.78, 5) is 34.9.